The first kappa shape index (κ1) is 12.4. The average molecular weight is 244 g/mol. The minimum absolute atomic E-state index is 0.510. The van der Waals surface area contributed by atoms with E-state index >= 15 is 0 Å². The lowest BCUT2D eigenvalue weighted by molar-refractivity contribution is 0.146. The number of anilines is 1. The van der Waals surface area contributed by atoms with Gasteiger partial charge in [-0.3, -0.25) is 4.98 Å². The zero-order valence-electron chi connectivity index (χ0n) is 10.3. The highest BCUT2D eigenvalue weighted by atomic mass is 16.5. The van der Waals surface area contributed by atoms with Crippen LogP contribution in [0.25, 0.3) is 11.3 Å². The maximum atomic E-state index is 5.77. The Labute approximate surface area is 106 Å². The summed E-state index contributed by atoms with van der Waals surface area (Å²) in [5.41, 5.74) is 8.19. The van der Waals surface area contributed by atoms with Gasteiger partial charge >= 0.3 is 0 Å². The Morgan fingerprint density at radius 1 is 1.17 bits per heavy atom. The molecule has 0 bridgehead atoms. The number of aromatic nitrogens is 1. The summed E-state index contributed by atoms with van der Waals surface area (Å²) in [6, 6.07) is 11.3. The summed E-state index contributed by atoms with van der Waals surface area (Å²) in [6.45, 7) is 1.06. The largest absolute Gasteiger partial charge is 0.490 e. The van der Waals surface area contributed by atoms with E-state index in [9.17, 15) is 0 Å². The quantitative estimate of drug-likeness (QED) is 0.820. The molecule has 1 aromatic carbocycles. The van der Waals surface area contributed by atoms with Gasteiger partial charge in [-0.15, -0.1) is 0 Å². The topological polar surface area (TPSA) is 57.4 Å². The van der Waals surface area contributed by atoms with E-state index in [0.717, 1.165) is 17.0 Å². The van der Waals surface area contributed by atoms with E-state index < -0.39 is 0 Å². The molecule has 0 aliphatic heterocycles. The van der Waals surface area contributed by atoms with Gasteiger partial charge in [0.2, 0.25) is 0 Å². The number of nitrogens with zero attached hydrogens (tertiary/aromatic N) is 1. The number of methoxy groups -OCH3 is 1. The number of hydrogen-bond donors (Lipinski definition) is 1. The molecule has 2 rings (SSSR count). The van der Waals surface area contributed by atoms with Crippen molar-refractivity contribution in [3.8, 4) is 17.0 Å². The Kier molecular flexibility index (Phi) is 4.15. The molecule has 2 aromatic rings. The summed E-state index contributed by atoms with van der Waals surface area (Å²) >= 11 is 0. The van der Waals surface area contributed by atoms with Crippen LogP contribution < -0.4 is 10.5 Å². The first-order valence-corrected chi connectivity index (χ1v) is 5.74. The van der Waals surface area contributed by atoms with E-state index in [0.29, 0.717) is 18.9 Å². The lowest BCUT2D eigenvalue weighted by atomic mass is 10.1. The number of para-hydroxylation sites is 1. The third-order valence-electron chi connectivity index (χ3n) is 2.49. The molecule has 0 radical (unpaired) electrons. The predicted molar refractivity (Wildman–Crippen MR) is 71.5 cm³/mol. The van der Waals surface area contributed by atoms with Crippen LogP contribution in [-0.4, -0.2) is 25.3 Å². The molecule has 18 heavy (non-hydrogen) atoms. The number of pyridine rings is 1. The number of nitrogens with two attached hydrogens (primary N) is 1. The molecule has 0 fully saturated rings. The zero-order chi connectivity index (χ0) is 12.8. The molecule has 4 nitrogen and oxygen atoms in total. The molecule has 0 saturated heterocycles. The number of rotatable bonds is 5. The van der Waals surface area contributed by atoms with Gasteiger partial charge in [-0.05, 0) is 24.3 Å². The molecule has 0 aliphatic rings. The van der Waals surface area contributed by atoms with E-state index in [1.165, 1.54) is 0 Å². The van der Waals surface area contributed by atoms with Crippen LogP contribution in [0.15, 0.2) is 42.6 Å². The molecule has 0 saturated carbocycles. The molecule has 1 heterocycles. The maximum absolute atomic E-state index is 5.77. The average Bonchev–Trinajstić information content (AvgIpc) is 2.40. The van der Waals surface area contributed by atoms with Gasteiger partial charge in [0.15, 0.2) is 0 Å². The van der Waals surface area contributed by atoms with Gasteiger partial charge in [0.05, 0.1) is 12.3 Å². The normalized spacial score (nSPS) is 10.3. The molecule has 0 unspecified atom stereocenters. The van der Waals surface area contributed by atoms with Crippen LogP contribution in [0.1, 0.15) is 0 Å². The monoisotopic (exact) mass is 244 g/mol. The molecular formula is C14H16N2O2. The number of benzene rings is 1. The highest BCUT2D eigenvalue weighted by Crippen LogP contribution is 2.28. The van der Waals surface area contributed by atoms with Crippen LogP contribution in [-0.2, 0) is 4.74 Å². The van der Waals surface area contributed by atoms with E-state index in [-0.39, 0.29) is 0 Å². The van der Waals surface area contributed by atoms with Crippen molar-refractivity contribution < 1.29 is 9.47 Å². The smallest absolute Gasteiger partial charge is 0.128 e. The predicted octanol–water partition coefficient (Wildman–Crippen LogP) is 2.36. The van der Waals surface area contributed by atoms with Crippen LogP contribution in [0.3, 0.4) is 0 Å². The third kappa shape index (κ3) is 2.99. The Balaban J connectivity index is 2.27. The fraction of sp³-hybridized carbons (Fsp3) is 0.214. The first-order chi connectivity index (χ1) is 8.81. The summed E-state index contributed by atoms with van der Waals surface area (Å²) in [5, 5.41) is 0. The van der Waals surface area contributed by atoms with Crippen LogP contribution in [0.5, 0.6) is 5.75 Å². The SMILES string of the molecule is COCCOc1ccccc1-c1cc(N)ccn1. The van der Waals surface area contributed by atoms with Gasteiger partial charge in [0.1, 0.15) is 12.4 Å². The molecule has 4 heteroatoms. The van der Waals surface area contributed by atoms with Gasteiger partial charge in [-0.25, -0.2) is 0 Å². The van der Waals surface area contributed by atoms with Crippen molar-refractivity contribution in [3.63, 3.8) is 0 Å². The lowest BCUT2D eigenvalue weighted by Gasteiger charge is -2.10. The molecule has 0 atom stereocenters. The Morgan fingerprint density at radius 2 is 2.00 bits per heavy atom. The van der Waals surface area contributed by atoms with Crippen LogP contribution in [0.4, 0.5) is 5.69 Å². The second-order valence-electron chi connectivity index (χ2n) is 3.81. The summed E-state index contributed by atoms with van der Waals surface area (Å²) in [4.78, 5) is 4.31. The molecule has 94 valence electrons. The second kappa shape index (κ2) is 6.02. The maximum Gasteiger partial charge on any atom is 0.128 e. The summed E-state index contributed by atoms with van der Waals surface area (Å²) in [7, 11) is 1.65. The van der Waals surface area contributed by atoms with Crippen molar-refractivity contribution >= 4 is 5.69 Å². The van der Waals surface area contributed by atoms with Crippen molar-refractivity contribution in [1.29, 1.82) is 0 Å². The lowest BCUT2D eigenvalue weighted by Crippen LogP contribution is -2.05. The van der Waals surface area contributed by atoms with Gasteiger partial charge in [-0.1, -0.05) is 12.1 Å². The van der Waals surface area contributed by atoms with Crippen LogP contribution >= 0.6 is 0 Å². The molecule has 0 aliphatic carbocycles. The van der Waals surface area contributed by atoms with Crippen molar-refractivity contribution in [3.05, 3.63) is 42.6 Å². The van der Waals surface area contributed by atoms with Crippen LogP contribution in [0.2, 0.25) is 0 Å². The van der Waals surface area contributed by atoms with Crippen molar-refractivity contribution in [1.82, 2.24) is 4.98 Å². The minimum Gasteiger partial charge on any atom is -0.490 e. The standard InChI is InChI=1S/C14H16N2O2/c1-17-8-9-18-14-5-3-2-4-12(14)13-10-11(15)6-7-16-13/h2-7,10H,8-9H2,1H3,(H2,15,16). The minimum atomic E-state index is 0.510. The van der Waals surface area contributed by atoms with Crippen molar-refractivity contribution in [2.45, 2.75) is 0 Å². The van der Waals surface area contributed by atoms with Gasteiger partial charge in [-0.2, -0.15) is 0 Å². The van der Waals surface area contributed by atoms with Crippen molar-refractivity contribution in [2.24, 2.45) is 0 Å². The highest BCUT2D eigenvalue weighted by Gasteiger charge is 2.07. The third-order valence-corrected chi connectivity index (χ3v) is 2.49. The molecule has 2 N–H and O–H groups in total. The van der Waals surface area contributed by atoms with Gasteiger partial charge < -0.3 is 15.2 Å². The van der Waals surface area contributed by atoms with Crippen molar-refractivity contribution in [2.75, 3.05) is 26.1 Å². The zero-order valence-corrected chi connectivity index (χ0v) is 10.3. The Hall–Kier alpha value is -2.07. The Morgan fingerprint density at radius 3 is 2.78 bits per heavy atom. The molecular weight excluding hydrogens is 228 g/mol. The highest BCUT2D eigenvalue weighted by molar-refractivity contribution is 5.69. The molecule has 1 aromatic heterocycles. The first-order valence-electron chi connectivity index (χ1n) is 5.74. The second-order valence-corrected chi connectivity index (χ2v) is 3.81. The van der Waals surface area contributed by atoms with Gasteiger partial charge in [0, 0.05) is 24.6 Å². The number of hydrogen-bond acceptors (Lipinski definition) is 4. The molecule has 0 spiro atoms. The Bertz CT molecular complexity index is 515. The van der Waals surface area contributed by atoms with Gasteiger partial charge in [0.25, 0.3) is 0 Å². The van der Waals surface area contributed by atoms with Crippen LogP contribution in [0, 0.1) is 0 Å². The van der Waals surface area contributed by atoms with E-state index in [1.54, 1.807) is 19.4 Å². The summed E-state index contributed by atoms with van der Waals surface area (Å²) in [5.74, 6) is 0.785. The van der Waals surface area contributed by atoms with E-state index in [2.05, 4.69) is 4.98 Å². The fourth-order valence-corrected chi connectivity index (χ4v) is 1.63. The van der Waals surface area contributed by atoms with E-state index in [1.807, 2.05) is 30.3 Å². The summed E-state index contributed by atoms with van der Waals surface area (Å²) < 4.78 is 10.6. The summed E-state index contributed by atoms with van der Waals surface area (Å²) in [6.07, 6.45) is 1.69. The molecule has 0 amide bonds. The van der Waals surface area contributed by atoms with E-state index in [4.69, 9.17) is 15.2 Å². The number of nitrogen functional groups attached to an aromatic ring is 1. The number of ether oxygens (including phenoxy) is 2. The fourth-order valence-electron chi connectivity index (χ4n) is 1.63.